The number of methoxy groups -OCH3 is 1. The Bertz CT molecular complexity index is 745. The van der Waals surface area contributed by atoms with Crippen LogP contribution in [0.15, 0.2) is 36.5 Å². The van der Waals surface area contributed by atoms with Crippen molar-refractivity contribution in [2.75, 3.05) is 58.8 Å². The quantitative estimate of drug-likeness (QED) is 0.736. The number of aromatic nitrogens is 2. The maximum atomic E-state index is 12.6. The Morgan fingerprint density at radius 2 is 1.81 bits per heavy atom. The molecule has 1 aliphatic heterocycles. The van der Waals surface area contributed by atoms with Crippen molar-refractivity contribution in [3.8, 4) is 11.5 Å². The first-order valence-electron chi connectivity index (χ1n) is 8.97. The highest BCUT2D eigenvalue weighted by Gasteiger charge is 2.21. The van der Waals surface area contributed by atoms with Crippen molar-refractivity contribution < 1.29 is 14.3 Å². The monoisotopic (exact) mass is 371 g/mol. The van der Waals surface area contributed by atoms with Gasteiger partial charge in [-0.1, -0.05) is 0 Å². The molecule has 27 heavy (non-hydrogen) atoms. The molecule has 1 fully saturated rings. The minimum absolute atomic E-state index is 0.0527. The summed E-state index contributed by atoms with van der Waals surface area (Å²) in [4.78, 5) is 25.1. The second-order valence-corrected chi connectivity index (χ2v) is 6.31. The van der Waals surface area contributed by atoms with Crippen molar-refractivity contribution in [3.63, 3.8) is 0 Å². The molecule has 2 heterocycles. The van der Waals surface area contributed by atoms with E-state index in [0.717, 1.165) is 37.7 Å². The van der Waals surface area contributed by atoms with Crippen LogP contribution in [0.1, 0.15) is 10.5 Å². The predicted molar refractivity (Wildman–Crippen MR) is 102 cm³/mol. The van der Waals surface area contributed by atoms with E-state index in [2.05, 4.69) is 27.2 Å². The second-order valence-electron chi connectivity index (χ2n) is 6.31. The summed E-state index contributed by atoms with van der Waals surface area (Å²) in [5.74, 6) is 1.92. The molecule has 0 aliphatic carbocycles. The first-order chi connectivity index (χ1) is 13.2. The third-order valence-corrected chi connectivity index (χ3v) is 4.38. The molecule has 144 valence electrons. The minimum Gasteiger partial charge on any atom is -0.497 e. The van der Waals surface area contributed by atoms with Crippen LogP contribution in [-0.2, 0) is 0 Å². The second kappa shape index (κ2) is 9.18. The van der Waals surface area contributed by atoms with Gasteiger partial charge in [0, 0.05) is 32.4 Å². The molecule has 2 aromatic rings. The van der Waals surface area contributed by atoms with Crippen molar-refractivity contribution in [1.82, 2.24) is 19.8 Å². The number of hydrogen-bond acceptors (Lipinski definition) is 7. The number of carbonyl (C=O) groups excluding carboxylic acids is 1. The average Bonchev–Trinajstić information content (AvgIpc) is 2.72. The molecule has 0 radical (unpaired) electrons. The van der Waals surface area contributed by atoms with E-state index in [1.54, 1.807) is 19.4 Å². The van der Waals surface area contributed by atoms with Crippen molar-refractivity contribution in [3.05, 3.63) is 42.2 Å². The van der Waals surface area contributed by atoms with Gasteiger partial charge in [0.2, 0.25) is 5.95 Å². The number of nitrogens with one attached hydrogen (secondary N) is 1. The van der Waals surface area contributed by atoms with Gasteiger partial charge >= 0.3 is 0 Å². The van der Waals surface area contributed by atoms with Crippen LogP contribution in [0, 0.1) is 0 Å². The topological polar surface area (TPSA) is 79.8 Å². The molecule has 8 nitrogen and oxygen atoms in total. The molecule has 0 saturated carbocycles. The van der Waals surface area contributed by atoms with E-state index >= 15 is 0 Å². The van der Waals surface area contributed by atoms with E-state index in [4.69, 9.17) is 9.47 Å². The molecule has 0 spiro atoms. The van der Waals surface area contributed by atoms with Crippen molar-refractivity contribution in [2.24, 2.45) is 0 Å². The summed E-state index contributed by atoms with van der Waals surface area (Å²) in [5, 5.41) is 3.09. The van der Waals surface area contributed by atoms with Gasteiger partial charge in [0.1, 0.15) is 23.8 Å². The third-order valence-electron chi connectivity index (χ3n) is 4.38. The van der Waals surface area contributed by atoms with Crippen LogP contribution in [0.3, 0.4) is 0 Å². The number of nitrogens with zero attached hydrogens (tertiary/aromatic N) is 4. The largest absolute Gasteiger partial charge is 0.497 e. The number of ether oxygens (including phenoxy) is 2. The Kier molecular flexibility index (Phi) is 6.43. The van der Waals surface area contributed by atoms with Gasteiger partial charge in [0.15, 0.2) is 0 Å². The number of carbonyl (C=O) groups is 1. The number of benzene rings is 1. The zero-order valence-corrected chi connectivity index (χ0v) is 15.7. The van der Waals surface area contributed by atoms with Gasteiger partial charge in [-0.05, 0) is 37.4 Å². The lowest BCUT2D eigenvalue weighted by Crippen LogP contribution is -2.47. The van der Waals surface area contributed by atoms with Gasteiger partial charge in [0.25, 0.3) is 5.91 Å². The molecular formula is C19H25N5O3. The van der Waals surface area contributed by atoms with Gasteiger partial charge in [-0.3, -0.25) is 4.79 Å². The van der Waals surface area contributed by atoms with Crippen LogP contribution in [0.4, 0.5) is 5.95 Å². The highest BCUT2D eigenvalue weighted by Crippen LogP contribution is 2.16. The van der Waals surface area contributed by atoms with Crippen LogP contribution in [-0.4, -0.2) is 79.2 Å². The Balaban J connectivity index is 1.47. The summed E-state index contributed by atoms with van der Waals surface area (Å²) in [6, 6.07) is 9.05. The molecule has 0 unspecified atom stereocenters. The highest BCUT2D eigenvalue weighted by atomic mass is 16.5. The van der Waals surface area contributed by atoms with Gasteiger partial charge in [0.05, 0.1) is 13.7 Å². The molecule has 0 bridgehead atoms. The summed E-state index contributed by atoms with van der Waals surface area (Å²) >= 11 is 0. The van der Waals surface area contributed by atoms with E-state index in [1.807, 2.05) is 29.2 Å². The van der Waals surface area contributed by atoms with E-state index in [9.17, 15) is 4.79 Å². The lowest BCUT2D eigenvalue weighted by molar-refractivity contribution is 0.0658. The molecule has 1 amide bonds. The maximum Gasteiger partial charge on any atom is 0.272 e. The zero-order chi connectivity index (χ0) is 19.1. The van der Waals surface area contributed by atoms with Crippen molar-refractivity contribution >= 4 is 11.9 Å². The zero-order valence-electron chi connectivity index (χ0n) is 15.7. The summed E-state index contributed by atoms with van der Waals surface area (Å²) < 4.78 is 10.8. The fourth-order valence-corrected chi connectivity index (χ4v) is 2.74. The molecule has 1 N–H and O–H groups in total. The van der Waals surface area contributed by atoms with Crippen LogP contribution in [0.25, 0.3) is 0 Å². The van der Waals surface area contributed by atoms with E-state index in [0.29, 0.717) is 24.8 Å². The first-order valence-corrected chi connectivity index (χ1v) is 8.97. The molecular weight excluding hydrogens is 346 g/mol. The predicted octanol–water partition coefficient (Wildman–Crippen LogP) is 1.36. The first kappa shape index (κ1) is 18.9. The number of anilines is 1. The van der Waals surface area contributed by atoms with Crippen LogP contribution in [0.5, 0.6) is 11.5 Å². The summed E-state index contributed by atoms with van der Waals surface area (Å²) in [5.41, 5.74) is 0.410. The fourth-order valence-electron chi connectivity index (χ4n) is 2.74. The number of piperazine rings is 1. The highest BCUT2D eigenvalue weighted by molar-refractivity contribution is 5.92. The molecule has 8 heteroatoms. The van der Waals surface area contributed by atoms with Gasteiger partial charge in [-0.15, -0.1) is 0 Å². The minimum atomic E-state index is -0.0527. The fraction of sp³-hybridized carbons (Fsp3) is 0.421. The standard InChI is InChI=1S/C19H25N5O3/c1-23-10-12-24(13-11-23)18(25)17-7-8-20-19(22-17)21-9-14-27-16-5-3-15(26-2)4-6-16/h3-8H,9-14H2,1-2H3,(H,20,21,22). The average molecular weight is 371 g/mol. The van der Waals surface area contributed by atoms with Crippen LogP contribution in [0.2, 0.25) is 0 Å². The number of amides is 1. The van der Waals surface area contributed by atoms with Gasteiger partial charge in [-0.25, -0.2) is 9.97 Å². The van der Waals surface area contributed by atoms with E-state index in [-0.39, 0.29) is 5.91 Å². The van der Waals surface area contributed by atoms with Crippen molar-refractivity contribution in [2.45, 2.75) is 0 Å². The van der Waals surface area contributed by atoms with Gasteiger partial charge in [-0.2, -0.15) is 0 Å². The third kappa shape index (κ3) is 5.30. The van der Waals surface area contributed by atoms with Crippen molar-refractivity contribution in [1.29, 1.82) is 0 Å². The normalized spacial score (nSPS) is 14.7. The number of rotatable bonds is 7. The molecule has 1 aliphatic rings. The smallest absolute Gasteiger partial charge is 0.272 e. The van der Waals surface area contributed by atoms with Crippen LogP contribution < -0.4 is 14.8 Å². The van der Waals surface area contributed by atoms with Crippen LogP contribution >= 0.6 is 0 Å². The SMILES string of the molecule is COc1ccc(OCCNc2nccc(C(=O)N3CCN(C)CC3)n2)cc1. The summed E-state index contributed by atoms with van der Waals surface area (Å²) in [6.45, 7) is 4.18. The molecule has 1 saturated heterocycles. The Morgan fingerprint density at radius 1 is 1.11 bits per heavy atom. The Morgan fingerprint density at radius 3 is 2.52 bits per heavy atom. The van der Waals surface area contributed by atoms with E-state index in [1.165, 1.54) is 0 Å². The Labute approximate surface area is 159 Å². The molecule has 3 rings (SSSR count). The molecule has 1 aromatic heterocycles. The summed E-state index contributed by atoms with van der Waals surface area (Å²) in [6.07, 6.45) is 1.60. The number of likely N-dealkylation sites (N-methyl/N-ethyl adjacent to an activating group) is 1. The summed E-state index contributed by atoms with van der Waals surface area (Å²) in [7, 11) is 3.69. The maximum absolute atomic E-state index is 12.6. The van der Waals surface area contributed by atoms with E-state index < -0.39 is 0 Å². The molecule has 0 atom stereocenters. The molecule has 1 aromatic carbocycles. The lowest BCUT2D eigenvalue weighted by Gasteiger charge is -2.32. The Hall–Kier alpha value is -2.87. The number of hydrogen-bond donors (Lipinski definition) is 1. The van der Waals surface area contributed by atoms with Gasteiger partial charge < -0.3 is 24.6 Å². The lowest BCUT2D eigenvalue weighted by atomic mass is 10.3.